The summed E-state index contributed by atoms with van der Waals surface area (Å²) >= 11 is 6.24. The summed E-state index contributed by atoms with van der Waals surface area (Å²) in [6.07, 6.45) is 1.80. The molecule has 4 atom stereocenters. The molecule has 0 radical (unpaired) electrons. The van der Waals surface area contributed by atoms with E-state index in [4.69, 9.17) is 25.5 Å². The number of rotatable bonds is 18. The first-order valence-corrected chi connectivity index (χ1v) is 23.2. The minimum absolute atomic E-state index is 0.0302. The number of aliphatic hydroxyl groups is 1. The first-order chi connectivity index (χ1) is 31.6. The molecule has 1 aromatic heterocycles. The van der Waals surface area contributed by atoms with E-state index < -0.39 is 41.3 Å². The molecule has 16 heteroatoms. The van der Waals surface area contributed by atoms with Crippen molar-refractivity contribution in [2.75, 3.05) is 31.6 Å². The zero-order chi connectivity index (χ0) is 48.8. The number of β-amino-alcohol motifs (C(OH)–C–C–N with tert-alkyl or cyclic N) is 1. The number of amides is 4. The highest BCUT2D eigenvalue weighted by Crippen LogP contribution is 2.55. The predicted molar refractivity (Wildman–Crippen MR) is 255 cm³/mol. The molecule has 1 saturated carbocycles. The lowest BCUT2D eigenvalue weighted by atomic mass is 9.49. The molecule has 4 aromatic rings. The number of aliphatic hydroxyl groups excluding tert-OH is 1. The Morgan fingerprint density at radius 2 is 1.69 bits per heavy atom. The maximum Gasteiger partial charge on any atom is 0.251 e. The fourth-order valence-electron chi connectivity index (χ4n) is 9.49. The second-order valence-corrected chi connectivity index (χ2v) is 20.4. The largest absolute Gasteiger partial charge is 0.489 e. The standard InChI is InChI=1S/C51H64ClN7O8/c1-30(32-12-14-33(15-13-32)42-31(2)55-29-66-42)56-45(63)40-24-37(60)27-59(40)46(64)43(49(3,4)5)57-41(61)28-65-23-11-10-22-54-36-19-16-34(17-20-36)44(62)58-47-50(6,7)48(51(47,8)9)67-38-21-18-35(26-53)39(52)25-38/h12-21,25,29-30,37,40,43,47-48,54,60H,10-11,22-24,27-28H2,1-9H3,(H,56,63)(H,57,61)(H,58,62)/t30-,37+,40-,43+,47-,48-/m0/s1. The number of nitrogens with zero attached hydrogens (tertiary/aromatic N) is 3. The lowest BCUT2D eigenvalue weighted by Gasteiger charge is -2.63. The summed E-state index contributed by atoms with van der Waals surface area (Å²) < 4.78 is 17.5. The number of unbranched alkanes of at least 4 members (excludes halogenated alkanes) is 1. The number of carbonyl (C=O) groups is 4. The number of aryl methyl sites for hydroxylation is 1. The summed E-state index contributed by atoms with van der Waals surface area (Å²) in [4.78, 5) is 59.7. The number of hydrogen-bond acceptors (Lipinski definition) is 11. The van der Waals surface area contributed by atoms with Gasteiger partial charge in [0.25, 0.3) is 5.91 Å². The molecule has 6 rings (SSSR count). The van der Waals surface area contributed by atoms with Gasteiger partial charge in [-0.15, -0.1) is 0 Å². The van der Waals surface area contributed by atoms with E-state index in [2.05, 4.69) is 60.0 Å². The van der Waals surface area contributed by atoms with Crippen LogP contribution in [0.15, 0.2) is 77.5 Å². The van der Waals surface area contributed by atoms with Gasteiger partial charge in [0.05, 0.1) is 28.4 Å². The van der Waals surface area contributed by atoms with Crippen LogP contribution in [0.3, 0.4) is 0 Å². The zero-order valence-corrected chi connectivity index (χ0v) is 40.6. The van der Waals surface area contributed by atoms with Gasteiger partial charge in [-0.2, -0.15) is 5.26 Å². The second-order valence-electron chi connectivity index (χ2n) is 19.9. The van der Waals surface area contributed by atoms with Gasteiger partial charge in [0.2, 0.25) is 17.7 Å². The van der Waals surface area contributed by atoms with Gasteiger partial charge in [-0.25, -0.2) is 4.98 Å². The molecule has 15 nitrogen and oxygen atoms in total. The van der Waals surface area contributed by atoms with E-state index in [9.17, 15) is 29.5 Å². The van der Waals surface area contributed by atoms with Crippen molar-refractivity contribution < 1.29 is 38.2 Å². The quantitative estimate of drug-likeness (QED) is 0.0623. The third-order valence-electron chi connectivity index (χ3n) is 12.9. The molecule has 2 heterocycles. The van der Waals surface area contributed by atoms with E-state index >= 15 is 0 Å². The molecule has 0 bridgehead atoms. The molecule has 3 aromatic carbocycles. The van der Waals surface area contributed by atoms with Crippen molar-refractivity contribution in [3.8, 4) is 23.1 Å². The van der Waals surface area contributed by atoms with Crippen LogP contribution in [-0.4, -0.2) is 95.3 Å². The minimum Gasteiger partial charge on any atom is -0.489 e. The molecule has 0 unspecified atom stereocenters. The lowest BCUT2D eigenvalue weighted by molar-refractivity contribution is -0.164. The Morgan fingerprint density at radius 1 is 1.00 bits per heavy atom. The third-order valence-corrected chi connectivity index (χ3v) is 13.2. The van der Waals surface area contributed by atoms with Crippen LogP contribution >= 0.6 is 11.6 Å². The summed E-state index contributed by atoms with van der Waals surface area (Å²) in [5.41, 5.74) is 2.78. The smallest absolute Gasteiger partial charge is 0.251 e. The van der Waals surface area contributed by atoms with Crippen molar-refractivity contribution in [2.45, 2.75) is 118 Å². The summed E-state index contributed by atoms with van der Waals surface area (Å²) in [7, 11) is 0. The Morgan fingerprint density at radius 3 is 2.30 bits per heavy atom. The molecule has 5 N–H and O–H groups in total. The number of hydrogen-bond donors (Lipinski definition) is 5. The lowest BCUT2D eigenvalue weighted by Crippen LogP contribution is -2.74. The van der Waals surface area contributed by atoms with Crippen LogP contribution in [-0.2, 0) is 19.1 Å². The van der Waals surface area contributed by atoms with Crippen LogP contribution in [0.2, 0.25) is 5.02 Å². The number of aromatic nitrogens is 1. The van der Waals surface area contributed by atoms with Crippen molar-refractivity contribution >= 4 is 40.9 Å². The topological polar surface area (TPSA) is 208 Å². The number of nitriles is 1. The maximum absolute atomic E-state index is 14.1. The fourth-order valence-corrected chi connectivity index (χ4v) is 9.71. The van der Waals surface area contributed by atoms with Gasteiger partial charge in [-0.3, -0.25) is 19.2 Å². The highest BCUT2D eigenvalue weighted by atomic mass is 35.5. The number of halogens is 1. The van der Waals surface area contributed by atoms with Crippen LogP contribution in [0.5, 0.6) is 5.75 Å². The fraction of sp³-hybridized carbons (Fsp3) is 0.490. The van der Waals surface area contributed by atoms with E-state index in [1.165, 1.54) is 11.3 Å². The van der Waals surface area contributed by atoms with Crippen molar-refractivity contribution in [1.29, 1.82) is 5.26 Å². The molecule has 1 aliphatic heterocycles. The molecule has 1 saturated heterocycles. The zero-order valence-electron chi connectivity index (χ0n) is 39.9. The van der Waals surface area contributed by atoms with E-state index in [1.54, 1.807) is 30.3 Å². The van der Waals surface area contributed by atoms with Crippen LogP contribution in [0.1, 0.15) is 108 Å². The van der Waals surface area contributed by atoms with Crippen LogP contribution in [0.25, 0.3) is 11.3 Å². The van der Waals surface area contributed by atoms with E-state index in [0.29, 0.717) is 47.2 Å². The van der Waals surface area contributed by atoms with Gasteiger partial charge in [-0.1, -0.05) is 84.3 Å². The normalized spacial score (nSPS) is 20.4. The first kappa shape index (κ1) is 50.5. The number of benzene rings is 3. The Balaban J connectivity index is 0.906. The van der Waals surface area contributed by atoms with Crippen molar-refractivity contribution in [3.63, 3.8) is 0 Å². The Hall–Kier alpha value is -5.95. The highest BCUT2D eigenvalue weighted by Gasteiger charge is 2.64. The van der Waals surface area contributed by atoms with E-state index in [1.807, 2.05) is 71.0 Å². The maximum atomic E-state index is 14.1. The van der Waals surface area contributed by atoms with Gasteiger partial charge in [0, 0.05) is 65.9 Å². The number of ether oxygens (including phenoxy) is 2. The average molecular weight is 939 g/mol. The molecule has 2 aliphatic rings. The SMILES string of the molecule is Cc1ncoc1-c1ccc([C@H](C)NC(=O)[C@@H]2C[C@@H](O)CN2C(=O)[C@@H](NC(=O)COCCCCNc2ccc(C(=O)N[C@H]3C(C)(C)[C@H](Oc4ccc(C#N)c(Cl)c4)C3(C)C)cc2)C(C)(C)C)cc1. The molecular formula is C51H64ClN7O8. The monoisotopic (exact) mass is 937 g/mol. The van der Waals surface area contributed by atoms with Gasteiger partial charge in [0.15, 0.2) is 12.2 Å². The minimum atomic E-state index is -0.971. The van der Waals surface area contributed by atoms with Crippen LogP contribution < -0.4 is 26.0 Å². The molecule has 0 spiro atoms. The van der Waals surface area contributed by atoms with Crippen molar-refractivity contribution in [1.82, 2.24) is 25.8 Å². The van der Waals surface area contributed by atoms with Gasteiger partial charge in [0.1, 0.15) is 36.6 Å². The number of nitrogens with one attached hydrogen (secondary N) is 4. The van der Waals surface area contributed by atoms with E-state index in [-0.39, 0.29) is 54.5 Å². The number of likely N-dealkylation sites (tertiary alicyclic amines) is 1. The number of carbonyl (C=O) groups excluding carboxylic acids is 4. The van der Waals surface area contributed by atoms with Crippen molar-refractivity contribution in [2.24, 2.45) is 16.2 Å². The first-order valence-electron chi connectivity index (χ1n) is 22.8. The average Bonchev–Trinajstić information content (AvgIpc) is 3.90. The molecule has 4 amide bonds. The third kappa shape index (κ3) is 11.8. The molecular weight excluding hydrogens is 874 g/mol. The number of oxazole rings is 1. The molecule has 1 aliphatic carbocycles. The summed E-state index contributed by atoms with van der Waals surface area (Å²) in [6.45, 7) is 18.2. The van der Waals surface area contributed by atoms with Crippen LogP contribution in [0.4, 0.5) is 5.69 Å². The second kappa shape index (κ2) is 20.9. The molecule has 2 fully saturated rings. The van der Waals surface area contributed by atoms with Crippen molar-refractivity contribution in [3.05, 3.63) is 101 Å². The number of anilines is 1. The highest BCUT2D eigenvalue weighted by molar-refractivity contribution is 6.31. The van der Waals surface area contributed by atoms with Crippen LogP contribution in [0, 0.1) is 34.5 Å². The Kier molecular flexibility index (Phi) is 15.8. The predicted octanol–water partition coefficient (Wildman–Crippen LogP) is 7.37. The van der Waals surface area contributed by atoms with Gasteiger partial charge >= 0.3 is 0 Å². The summed E-state index contributed by atoms with van der Waals surface area (Å²) in [5, 5.41) is 32.6. The summed E-state index contributed by atoms with van der Waals surface area (Å²) in [6, 6.07) is 19.5. The Bertz CT molecular complexity index is 2420. The molecule has 358 valence electrons. The van der Waals surface area contributed by atoms with Gasteiger partial charge < -0.3 is 45.2 Å². The Labute approximate surface area is 398 Å². The molecule has 67 heavy (non-hydrogen) atoms. The van der Waals surface area contributed by atoms with E-state index in [0.717, 1.165) is 28.9 Å². The summed E-state index contributed by atoms with van der Waals surface area (Å²) in [5.74, 6) is -0.230. The van der Waals surface area contributed by atoms with Gasteiger partial charge in [-0.05, 0) is 74.1 Å².